The molecule has 2 aromatic rings. The molecule has 1 atom stereocenters. The van der Waals surface area contributed by atoms with Gasteiger partial charge in [-0.2, -0.15) is 0 Å². The van der Waals surface area contributed by atoms with E-state index >= 15 is 0 Å². The van der Waals surface area contributed by atoms with E-state index in [-0.39, 0.29) is 23.1 Å². The van der Waals surface area contributed by atoms with Gasteiger partial charge in [-0.3, -0.25) is 9.59 Å². The zero-order valence-electron chi connectivity index (χ0n) is 13.7. The van der Waals surface area contributed by atoms with E-state index in [1.54, 1.807) is 37.3 Å². The maximum absolute atomic E-state index is 12.1. The minimum Gasteiger partial charge on any atom is -0.467 e. The van der Waals surface area contributed by atoms with Crippen LogP contribution >= 0.6 is 0 Å². The summed E-state index contributed by atoms with van der Waals surface area (Å²) in [6.07, 6.45) is 1.17. The summed E-state index contributed by atoms with van der Waals surface area (Å²) in [6, 6.07) is 10.9. The van der Waals surface area contributed by atoms with Crippen LogP contribution in [0.15, 0.2) is 58.0 Å². The molecule has 0 fully saturated rings. The number of ether oxygens (including phenoxy) is 1. The van der Waals surface area contributed by atoms with E-state index in [1.807, 2.05) is 0 Å². The normalized spacial score (nSPS) is 12.4. The van der Waals surface area contributed by atoms with Crippen LogP contribution in [0.25, 0.3) is 0 Å². The maximum Gasteiger partial charge on any atom is 0.307 e. The number of nitrogens with one attached hydrogen (secondary N) is 1. The molecule has 0 bridgehead atoms. The molecular formula is C17H19NO6S. The van der Waals surface area contributed by atoms with Crippen LogP contribution in [0.5, 0.6) is 0 Å². The molecule has 134 valence electrons. The molecule has 1 aromatic heterocycles. The second-order valence-electron chi connectivity index (χ2n) is 5.35. The molecule has 2 rings (SSSR count). The smallest absolute Gasteiger partial charge is 0.307 e. The molecule has 0 aliphatic carbocycles. The quantitative estimate of drug-likeness (QED) is 0.716. The summed E-state index contributed by atoms with van der Waals surface area (Å²) in [5.74, 6) is -1.04. The number of hydrogen-bond donors (Lipinski definition) is 1. The van der Waals surface area contributed by atoms with E-state index in [0.29, 0.717) is 5.76 Å². The third-order valence-electron chi connectivity index (χ3n) is 3.39. The first-order valence-corrected chi connectivity index (χ1v) is 9.30. The van der Waals surface area contributed by atoms with Crippen LogP contribution in [-0.4, -0.2) is 32.7 Å². The van der Waals surface area contributed by atoms with Crippen molar-refractivity contribution in [3.8, 4) is 0 Å². The number of rotatable bonds is 8. The van der Waals surface area contributed by atoms with Crippen LogP contribution in [0.3, 0.4) is 0 Å². The molecule has 0 saturated heterocycles. The molecule has 25 heavy (non-hydrogen) atoms. The van der Waals surface area contributed by atoms with E-state index < -0.39 is 28.3 Å². The molecule has 0 aliphatic rings. The average molecular weight is 365 g/mol. The first-order chi connectivity index (χ1) is 11.9. The number of benzene rings is 1. The topological polar surface area (TPSA) is 103 Å². The second-order valence-corrected chi connectivity index (χ2v) is 7.46. The van der Waals surface area contributed by atoms with Gasteiger partial charge in [0, 0.05) is 0 Å². The summed E-state index contributed by atoms with van der Waals surface area (Å²) in [5, 5.41) is 2.61. The Balaban J connectivity index is 1.74. The molecule has 0 aliphatic heterocycles. The van der Waals surface area contributed by atoms with Crippen molar-refractivity contribution in [2.45, 2.75) is 24.3 Å². The van der Waals surface area contributed by atoms with Crippen LogP contribution in [0.1, 0.15) is 25.1 Å². The Morgan fingerprint density at radius 2 is 1.88 bits per heavy atom. The SMILES string of the molecule is C[C@@H](NC(=O)COC(=O)CCS(=O)(=O)c1ccccc1)c1ccco1. The van der Waals surface area contributed by atoms with E-state index in [2.05, 4.69) is 5.32 Å². The van der Waals surface area contributed by atoms with Gasteiger partial charge in [0.1, 0.15) is 5.76 Å². The predicted molar refractivity (Wildman–Crippen MR) is 89.3 cm³/mol. The van der Waals surface area contributed by atoms with Crippen LogP contribution in [0.2, 0.25) is 0 Å². The molecule has 0 saturated carbocycles. The number of amides is 1. The van der Waals surface area contributed by atoms with Crippen molar-refractivity contribution in [2.24, 2.45) is 0 Å². The zero-order chi connectivity index (χ0) is 18.3. The van der Waals surface area contributed by atoms with Gasteiger partial charge in [0.15, 0.2) is 16.4 Å². The van der Waals surface area contributed by atoms with Crippen LogP contribution < -0.4 is 5.32 Å². The third-order valence-corrected chi connectivity index (χ3v) is 5.12. The van der Waals surface area contributed by atoms with Crippen molar-refractivity contribution >= 4 is 21.7 Å². The van der Waals surface area contributed by atoms with Gasteiger partial charge in [-0.25, -0.2) is 8.42 Å². The zero-order valence-corrected chi connectivity index (χ0v) is 14.5. The lowest BCUT2D eigenvalue weighted by Crippen LogP contribution is -2.31. The molecule has 1 N–H and O–H groups in total. The van der Waals surface area contributed by atoms with Gasteiger partial charge in [-0.05, 0) is 31.2 Å². The van der Waals surface area contributed by atoms with Crippen molar-refractivity contribution in [3.63, 3.8) is 0 Å². The van der Waals surface area contributed by atoms with Gasteiger partial charge >= 0.3 is 5.97 Å². The Hall–Kier alpha value is -2.61. The van der Waals surface area contributed by atoms with Gasteiger partial charge < -0.3 is 14.5 Å². The molecule has 1 aromatic carbocycles. The number of hydrogen-bond acceptors (Lipinski definition) is 6. The lowest BCUT2D eigenvalue weighted by molar-refractivity contribution is -0.148. The Morgan fingerprint density at radius 3 is 2.52 bits per heavy atom. The molecular weight excluding hydrogens is 346 g/mol. The molecule has 1 heterocycles. The largest absolute Gasteiger partial charge is 0.467 e. The fourth-order valence-electron chi connectivity index (χ4n) is 2.07. The average Bonchev–Trinajstić information content (AvgIpc) is 3.14. The van der Waals surface area contributed by atoms with Gasteiger partial charge in [0.05, 0.1) is 29.4 Å². The highest BCUT2D eigenvalue weighted by Gasteiger charge is 2.18. The summed E-state index contributed by atoms with van der Waals surface area (Å²) in [5.41, 5.74) is 0. The van der Waals surface area contributed by atoms with Crippen LogP contribution in [-0.2, 0) is 24.2 Å². The minimum absolute atomic E-state index is 0.146. The van der Waals surface area contributed by atoms with Crippen LogP contribution in [0.4, 0.5) is 0 Å². The molecule has 8 heteroatoms. The van der Waals surface area contributed by atoms with Crippen molar-refractivity contribution < 1.29 is 27.2 Å². The molecule has 1 amide bonds. The number of esters is 1. The second kappa shape index (κ2) is 8.48. The van der Waals surface area contributed by atoms with Crippen LogP contribution in [0, 0.1) is 0 Å². The first-order valence-electron chi connectivity index (χ1n) is 7.64. The van der Waals surface area contributed by atoms with Gasteiger partial charge in [-0.15, -0.1) is 0 Å². The standard InChI is InChI=1S/C17H19NO6S/c1-13(15-8-5-10-23-15)18-16(19)12-24-17(20)9-11-25(21,22)14-6-3-2-4-7-14/h2-8,10,13H,9,11-12H2,1H3,(H,18,19)/t13-/m1/s1. The van der Waals surface area contributed by atoms with Crippen molar-refractivity contribution in [1.29, 1.82) is 0 Å². The Bertz CT molecular complexity index is 799. The molecule has 0 radical (unpaired) electrons. The van der Waals surface area contributed by atoms with Gasteiger partial charge in [-0.1, -0.05) is 18.2 Å². The number of furan rings is 1. The number of sulfone groups is 1. The number of carbonyl (C=O) groups is 2. The monoisotopic (exact) mass is 365 g/mol. The van der Waals surface area contributed by atoms with Crippen molar-refractivity contribution in [2.75, 3.05) is 12.4 Å². The third kappa shape index (κ3) is 5.75. The molecule has 7 nitrogen and oxygen atoms in total. The summed E-state index contributed by atoms with van der Waals surface area (Å²) < 4.78 is 34.1. The highest BCUT2D eigenvalue weighted by molar-refractivity contribution is 7.91. The molecule has 0 spiro atoms. The predicted octanol–water partition coefficient (Wildman–Crippen LogP) is 1.86. The minimum atomic E-state index is -3.56. The highest BCUT2D eigenvalue weighted by atomic mass is 32.2. The number of carbonyl (C=O) groups excluding carboxylic acids is 2. The lowest BCUT2D eigenvalue weighted by Gasteiger charge is -2.11. The summed E-state index contributed by atoms with van der Waals surface area (Å²) in [4.78, 5) is 23.5. The van der Waals surface area contributed by atoms with Crippen molar-refractivity contribution in [3.05, 3.63) is 54.5 Å². The Labute approximate surface area is 145 Å². The lowest BCUT2D eigenvalue weighted by atomic mass is 10.2. The van der Waals surface area contributed by atoms with E-state index in [9.17, 15) is 18.0 Å². The van der Waals surface area contributed by atoms with Gasteiger partial charge in [0.25, 0.3) is 5.91 Å². The van der Waals surface area contributed by atoms with E-state index in [1.165, 1.54) is 18.4 Å². The summed E-state index contributed by atoms with van der Waals surface area (Å²) in [7, 11) is -3.56. The fourth-order valence-corrected chi connectivity index (χ4v) is 3.32. The first kappa shape index (κ1) is 18.7. The fraction of sp³-hybridized carbons (Fsp3) is 0.294. The van der Waals surface area contributed by atoms with Gasteiger partial charge in [0.2, 0.25) is 0 Å². The molecule has 0 unspecified atom stereocenters. The summed E-state index contributed by atoms with van der Waals surface area (Å²) >= 11 is 0. The van der Waals surface area contributed by atoms with E-state index in [4.69, 9.17) is 9.15 Å². The van der Waals surface area contributed by atoms with E-state index in [0.717, 1.165) is 0 Å². The highest BCUT2D eigenvalue weighted by Crippen LogP contribution is 2.12. The summed E-state index contributed by atoms with van der Waals surface area (Å²) in [6.45, 7) is 1.25. The Morgan fingerprint density at radius 1 is 1.16 bits per heavy atom. The maximum atomic E-state index is 12.1. The Kier molecular flexibility index (Phi) is 6.35. The van der Waals surface area contributed by atoms with Crippen molar-refractivity contribution in [1.82, 2.24) is 5.32 Å².